The third kappa shape index (κ3) is 1.93. The Labute approximate surface area is 123 Å². The van der Waals surface area contributed by atoms with Crippen LogP contribution in [0.5, 0.6) is 0 Å². The Kier molecular flexibility index (Phi) is 3.06. The van der Waals surface area contributed by atoms with Gasteiger partial charge in [-0.15, -0.1) is 0 Å². The molecule has 0 atom stereocenters. The Morgan fingerprint density at radius 3 is 2.57 bits per heavy atom. The fourth-order valence-corrected chi connectivity index (χ4v) is 2.83. The summed E-state index contributed by atoms with van der Waals surface area (Å²) in [4.78, 5) is 4.75. The second-order valence-corrected chi connectivity index (χ2v) is 5.21. The Morgan fingerprint density at radius 2 is 2.00 bits per heavy atom. The normalized spacial score (nSPS) is 11.0. The quantitative estimate of drug-likeness (QED) is 0.709. The highest BCUT2D eigenvalue weighted by Crippen LogP contribution is 2.33. The van der Waals surface area contributed by atoms with Crippen LogP contribution in [0.15, 0.2) is 22.6 Å². The molecule has 0 saturated heterocycles. The Morgan fingerprint density at radius 1 is 1.24 bits per heavy atom. The van der Waals surface area contributed by atoms with E-state index in [0.717, 1.165) is 46.0 Å². The summed E-state index contributed by atoms with van der Waals surface area (Å²) in [5.74, 6) is 2.72. The van der Waals surface area contributed by atoms with Gasteiger partial charge < -0.3 is 8.98 Å². The number of aromatic nitrogens is 2. The highest BCUT2D eigenvalue weighted by molar-refractivity contribution is 5.83. The molecule has 2 heterocycles. The number of hydrogen-bond acceptors (Lipinski definition) is 3. The first kappa shape index (κ1) is 13.4. The van der Waals surface area contributed by atoms with Crippen LogP contribution in [-0.2, 0) is 6.54 Å². The minimum absolute atomic E-state index is 0.631. The summed E-state index contributed by atoms with van der Waals surface area (Å²) in [5, 5.41) is 9.04. The summed E-state index contributed by atoms with van der Waals surface area (Å²) in [6, 6.07) is 7.80. The van der Waals surface area contributed by atoms with E-state index in [4.69, 9.17) is 14.7 Å². The summed E-state index contributed by atoms with van der Waals surface area (Å²) in [5.41, 5.74) is 4.71. The van der Waals surface area contributed by atoms with Gasteiger partial charge in [0.2, 0.25) is 0 Å². The van der Waals surface area contributed by atoms with E-state index in [2.05, 4.69) is 24.5 Å². The first-order valence-electron chi connectivity index (χ1n) is 7.04. The molecule has 4 heteroatoms. The minimum Gasteiger partial charge on any atom is -0.466 e. The van der Waals surface area contributed by atoms with E-state index in [-0.39, 0.29) is 0 Å². The first-order chi connectivity index (χ1) is 10.1. The van der Waals surface area contributed by atoms with Crippen LogP contribution >= 0.6 is 0 Å². The lowest BCUT2D eigenvalue weighted by atomic mass is 10.1. The number of rotatable bonds is 2. The summed E-state index contributed by atoms with van der Waals surface area (Å²) < 4.78 is 7.90. The van der Waals surface area contributed by atoms with Gasteiger partial charge in [0.25, 0.3) is 0 Å². The average Bonchev–Trinajstić information content (AvgIpc) is 2.95. The van der Waals surface area contributed by atoms with Crippen molar-refractivity contribution in [2.45, 2.75) is 34.2 Å². The predicted octanol–water partition coefficient (Wildman–Crippen LogP) is 4.11. The van der Waals surface area contributed by atoms with Crippen molar-refractivity contribution in [1.82, 2.24) is 9.55 Å². The molecule has 0 bridgehead atoms. The maximum Gasteiger partial charge on any atom is 0.144 e. The molecular formula is C17H17N3O. The van der Waals surface area contributed by atoms with Gasteiger partial charge in [-0.1, -0.05) is 0 Å². The van der Waals surface area contributed by atoms with Crippen molar-refractivity contribution >= 4 is 11.0 Å². The molecule has 0 aliphatic carbocycles. The number of fused-ring (bicyclic) bond motifs is 1. The number of nitrogens with zero attached hydrogens (tertiary/aromatic N) is 3. The topological polar surface area (TPSA) is 54.8 Å². The Hall–Kier alpha value is -2.54. The predicted molar refractivity (Wildman–Crippen MR) is 82.0 cm³/mol. The number of aryl methyl sites for hydroxylation is 3. The van der Waals surface area contributed by atoms with E-state index < -0.39 is 0 Å². The Balaban J connectivity index is 2.35. The molecule has 106 valence electrons. The van der Waals surface area contributed by atoms with Crippen LogP contribution in [0.3, 0.4) is 0 Å². The van der Waals surface area contributed by atoms with E-state index >= 15 is 0 Å². The second kappa shape index (κ2) is 4.78. The maximum absolute atomic E-state index is 9.04. The van der Waals surface area contributed by atoms with Gasteiger partial charge in [-0.25, -0.2) is 4.98 Å². The van der Waals surface area contributed by atoms with Gasteiger partial charge in [-0.3, -0.25) is 0 Å². The molecule has 3 rings (SSSR count). The molecule has 0 aliphatic rings. The molecule has 0 unspecified atom stereocenters. The third-order valence-corrected chi connectivity index (χ3v) is 3.98. The van der Waals surface area contributed by atoms with Gasteiger partial charge in [0.1, 0.15) is 17.3 Å². The molecule has 4 nitrogen and oxygen atoms in total. The molecule has 0 N–H and O–H groups in total. The van der Waals surface area contributed by atoms with Crippen LogP contribution in [0.4, 0.5) is 0 Å². The molecule has 0 amide bonds. The van der Waals surface area contributed by atoms with E-state index in [1.54, 1.807) is 0 Å². The van der Waals surface area contributed by atoms with Crippen molar-refractivity contribution < 1.29 is 4.42 Å². The van der Waals surface area contributed by atoms with Crippen LogP contribution < -0.4 is 0 Å². The van der Waals surface area contributed by atoms with Gasteiger partial charge in [-0.2, -0.15) is 5.26 Å². The van der Waals surface area contributed by atoms with Crippen molar-refractivity contribution in [2.24, 2.45) is 0 Å². The van der Waals surface area contributed by atoms with Gasteiger partial charge >= 0.3 is 0 Å². The average molecular weight is 279 g/mol. The lowest BCUT2D eigenvalue weighted by Crippen LogP contribution is -1.98. The Bertz CT molecular complexity index is 878. The number of furan rings is 1. The summed E-state index contributed by atoms with van der Waals surface area (Å²) in [7, 11) is 0. The lowest BCUT2D eigenvalue weighted by Gasteiger charge is -2.06. The molecular weight excluding hydrogens is 262 g/mol. The van der Waals surface area contributed by atoms with E-state index in [1.165, 1.54) is 0 Å². The van der Waals surface area contributed by atoms with Crippen LogP contribution in [-0.4, -0.2) is 9.55 Å². The molecule has 2 aromatic heterocycles. The fourth-order valence-electron chi connectivity index (χ4n) is 2.83. The van der Waals surface area contributed by atoms with Crippen LogP contribution in [0.1, 0.15) is 29.6 Å². The number of imidazole rings is 1. The molecule has 21 heavy (non-hydrogen) atoms. The van der Waals surface area contributed by atoms with Crippen molar-refractivity contribution in [2.75, 3.05) is 0 Å². The SMILES string of the molecule is CCn1c(-c2c(C)oc(C)c2C)nc2cc(C#N)ccc21. The molecule has 0 aliphatic heterocycles. The zero-order valence-corrected chi connectivity index (χ0v) is 12.7. The van der Waals surface area contributed by atoms with E-state index in [0.29, 0.717) is 5.56 Å². The van der Waals surface area contributed by atoms with Crippen molar-refractivity contribution in [1.29, 1.82) is 5.26 Å². The third-order valence-electron chi connectivity index (χ3n) is 3.98. The van der Waals surface area contributed by atoms with Crippen molar-refractivity contribution in [3.05, 3.63) is 40.8 Å². The van der Waals surface area contributed by atoms with Gasteiger partial charge in [-0.05, 0) is 45.9 Å². The monoisotopic (exact) mass is 279 g/mol. The van der Waals surface area contributed by atoms with Crippen LogP contribution in [0, 0.1) is 32.1 Å². The second-order valence-electron chi connectivity index (χ2n) is 5.21. The lowest BCUT2D eigenvalue weighted by molar-refractivity contribution is 0.503. The number of benzene rings is 1. The standard InChI is InChI=1S/C17H17N3O/c1-5-20-15-7-6-13(9-18)8-14(15)19-17(20)16-10(2)11(3)21-12(16)4/h6-8H,5H2,1-4H3. The van der Waals surface area contributed by atoms with E-state index in [9.17, 15) is 0 Å². The zero-order chi connectivity index (χ0) is 15.1. The first-order valence-corrected chi connectivity index (χ1v) is 7.04. The summed E-state index contributed by atoms with van der Waals surface area (Å²) in [6.45, 7) is 8.91. The van der Waals surface area contributed by atoms with Gasteiger partial charge in [0.15, 0.2) is 0 Å². The van der Waals surface area contributed by atoms with Gasteiger partial charge in [0.05, 0.1) is 28.2 Å². The smallest absolute Gasteiger partial charge is 0.144 e. The van der Waals surface area contributed by atoms with Crippen LogP contribution in [0.25, 0.3) is 22.4 Å². The molecule has 0 radical (unpaired) electrons. The van der Waals surface area contributed by atoms with Crippen molar-refractivity contribution in [3.63, 3.8) is 0 Å². The highest BCUT2D eigenvalue weighted by atomic mass is 16.3. The van der Waals surface area contributed by atoms with Gasteiger partial charge in [0, 0.05) is 12.1 Å². The molecule has 0 spiro atoms. The number of hydrogen-bond donors (Lipinski definition) is 0. The minimum atomic E-state index is 0.631. The summed E-state index contributed by atoms with van der Waals surface area (Å²) in [6.07, 6.45) is 0. The van der Waals surface area contributed by atoms with Crippen molar-refractivity contribution in [3.8, 4) is 17.5 Å². The number of nitriles is 1. The molecule has 0 fully saturated rings. The fraction of sp³-hybridized carbons (Fsp3) is 0.294. The van der Waals surface area contributed by atoms with E-state index in [1.807, 2.05) is 32.0 Å². The summed E-state index contributed by atoms with van der Waals surface area (Å²) >= 11 is 0. The molecule has 3 aromatic rings. The molecule has 1 aromatic carbocycles. The molecule has 0 saturated carbocycles. The highest BCUT2D eigenvalue weighted by Gasteiger charge is 2.20. The maximum atomic E-state index is 9.04. The largest absolute Gasteiger partial charge is 0.466 e. The zero-order valence-electron chi connectivity index (χ0n) is 12.7. The van der Waals surface area contributed by atoms with Crippen LogP contribution in [0.2, 0.25) is 0 Å².